The predicted octanol–water partition coefficient (Wildman–Crippen LogP) is 2.94. The number of carbonyl (C=O) groups is 1. The van der Waals surface area contributed by atoms with E-state index >= 15 is 0 Å². The molecule has 1 amide bonds. The van der Waals surface area contributed by atoms with Gasteiger partial charge in [-0.1, -0.05) is 12.1 Å². The van der Waals surface area contributed by atoms with E-state index in [4.69, 9.17) is 24.2 Å². The first-order valence-electron chi connectivity index (χ1n) is 9.39. The standard InChI is InChI=1S/C22H24N2O5/c1-4-28-18-9-8-16(13-19(18)27-3)20-21(22(25)24(20)10-11-26-2)29-17-7-5-6-15(12-17)14-23/h5-9,12-13,20-21H,4,10-11H2,1-3H3/t20-,21+/m1/s1. The van der Waals surface area contributed by atoms with Crippen molar-refractivity contribution in [2.24, 2.45) is 0 Å². The van der Waals surface area contributed by atoms with Crippen LogP contribution in [0.5, 0.6) is 17.2 Å². The zero-order valence-corrected chi connectivity index (χ0v) is 16.8. The number of likely N-dealkylation sites (tertiary alicyclic amines) is 1. The van der Waals surface area contributed by atoms with Crippen LogP contribution in [-0.4, -0.2) is 50.9 Å². The van der Waals surface area contributed by atoms with E-state index in [-0.39, 0.29) is 11.9 Å². The van der Waals surface area contributed by atoms with Gasteiger partial charge in [-0.25, -0.2) is 0 Å². The Kier molecular flexibility index (Phi) is 6.57. The van der Waals surface area contributed by atoms with Gasteiger partial charge in [-0.3, -0.25) is 4.79 Å². The average molecular weight is 396 g/mol. The summed E-state index contributed by atoms with van der Waals surface area (Å²) in [5.74, 6) is 1.60. The Morgan fingerprint density at radius 1 is 1.14 bits per heavy atom. The second-order valence-electron chi connectivity index (χ2n) is 6.49. The summed E-state index contributed by atoms with van der Waals surface area (Å²) in [5.41, 5.74) is 1.35. The minimum Gasteiger partial charge on any atom is -0.493 e. The monoisotopic (exact) mass is 396 g/mol. The third kappa shape index (κ3) is 4.28. The van der Waals surface area contributed by atoms with Gasteiger partial charge in [0.1, 0.15) is 11.8 Å². The van der Waals surface area contributed by atoms with E-state index in [2.05, 4.69) is 6.07 Å². The molecule has 0 aromatic heterocycles. The topological polar surface area (TPSA) is 81.0 Å². The second-order valence-corrected chi connectivity index (χ2v) is 6.49. The number of hydrogen-bond donors (Lipinski definition) is 0. The molecule has 0 N–H and O–H groups in total. The van der Waals surface area contributed by atoms with E-state index < -0.39 is 6.10 Å². The number of nitriles is 1. The van der Waals surface area contributed by atoms with Crippen LogP contribution in [-0.2, 0) is 9.53 Å². The molecule has 3 rings (SSSR count). The van der Waals surface area contributed by atoms with Crippen LogP contribution in [0.25, 0.3) is 0 Å². The highest BCUT2D eigenvalue weighted by Gasteiger charge is 2.50. The number of carbonyl (C=O) groups excluding carboxylic acids is 1. The molecular weight excluding hydrogens is 372 g/mol. The number of methoxy groups -OCH3 is 2. The maximum Gasteiger partial charge on any atom is 0.266 e. The Balaban J connectivity index is 1.90. The van der Waals surface area contributed by atoms with Crippen LogP contribution in [0.15, 0.2) is 42.5 Å². The molecule has 7 nitrogen and oxygen atoms in total. The summed E-state index contributed by atoms with van der Waals surface area (Å²) < 4.78 is 22.2. The number of ether oxygens (including phenoxy) is 4. The highest BCUT2D eigenvalue weighted by molar-refractivity contribution is 5.89. The van der Waals surface area contributed by atoms with Crippen LogP contribution >= 0.6 is 0 Å². The smallest absolute Gasteiger partial charge is 0.266 e. The molecule has 0 unspecified atom stereocenters. The maximum atomic E-state index is 12.8. The number of β-lactam (4-membered cyclic amide) rings is 1. The van der Waals surface area contributed by atoms with Gasteiger partial charge in [0.15, 0.2) is 11.5 Å². The predicted molar refractivity (Wildman–Crippen MR) is 106 cm³/mol. The molecule has 2 atom stereocenters. The van der Waals surface area contributed by atoms with Gasteiger partial charge < -0.3 is 23.8 Å². The summed E-state index contributed by atoms with van der Waals surface area (Å²) in [4.78, 5) is 14.5. The molecule has 0 saturated carbocycles. The molecule has 1 saturated heterocycles. The number of amides is 1. The lowest BCUT2D eigenvalue weighted by atomic mass is 9.90. The molecule has 1 heterocycles. The van der Waals surface area contributed by atoms with Gasteiger partial charge in [0.2, 0.25) is 6.10 Å². The van der Waals surface area contributed by atoms with Crippen molar-refractivity contribution in [2.45, 2.75) is 19.1 Å². The molecule has 152 valence electrons. The van der Waals surface area contributed by atoms with Crippen molar-refractivity contribution in [2.75, 3.05) is 34.0 Å². The van der Waals surface area contributed by atoms with Crippen LogP contribution in [0, 0.1) is 11.3 Å². The fourth-order valence-corrected chi connectivity index (χ4v) is 3.35. The first-order chi connectivity index (χ1) is 14.1. The van der Waals surface area contributed by atoms with Gasteiger partial charge in [0, 0.05) is 13.7 Å². The van der Waals surface area contributed by atoms with Crippen LogP contribution in [0.2, 0.25) is 0 Å². The summed E-state index contributed by atoms with van der Waals surface area (Å²) in [6.07, 6.45) is -0.691. The van der Waals surface area contributed by atoms with Crippen LogP contribution in [0.4, 0.5) is 0 Å². The highest BCUT2D eigenvalue weighted by atomic mass is 16.5. The lowest BCUT2D eigenvalue weighted by Gasteiger charge is -2.46. The minimum absolute atomic E-state index is 0.123. The number of rotatable bonds is 9. The summed E-state index contributed by atoms with van der Waals surface area (Å²) in [6, 6.07) is 14.2. The molecule has 0 radical (unpaired) electrons. The molecule has 1 aliphatic heterocycles. The van der Waals surface area contributed by atoms with Crippen LogP contribution < -0.4 is 14.2 Å². The SMILES string of the molecule is CCOc1ccc([C@@H]2[C@H](Oc3cccc(C#N)c3)C(=O)N2CCOC)cc1OC. The van der Waals surface area contributed by atoms with Gasteiger partial charge in [0.25, 0.3) is 5.91 Å². The highest BCUT2D eigenvalue weighted by Crippen LogP contribution is 2.40. The Morgan fingerprint density at radius 2 is 1.97 bits per heavy atom. The zero-order chi connectivity index (χ0) is 20.8. The fraction of sp³-hybridized carbons (Fsp3) is 0.364. The summed E-state index contributed by atoms with van der Waals surface area (Å²) in [7, 11) is 3.18. The molecule has 0 bridgehead atoms. The lowest BCUT2D eigenvalue weighted by molar-refractivity contribution is -0.165. The Morgan fingerprint density at radius 3 is 2.66 bits per heavy atom. The molecule has 0 spiro atoms. The Bertz CT molecular complexity index is 908. The molecule has 7 heteroatoms. The minimum atomic E-state index is -0.691. The van der Waals surface area contributed by atoms with Crippen molar-refractivity contribution in [3.05, 3.63) is 53.6 Å². The maximum absolute atomic E-state index is 12.8. The Labute approximate surface area is 170 Å². The van der Waals surface area contributed by atoms with Gasteiger partial charge >= 0.3 is 0 Å². The normalized spacial score (nSPS) is 18.0. The largest absolute Gasteiger partial charge is 0.493 e. The van der Waals surface area contributed by atoms with E-state index in [9.17, 15) is 4.79 Å². The van der Waals surface area contributed by atoms with Crippen molar-refractivity contribution in [3.8, 4) is 23.3 Å². The molecule has 29 heavy (non-hydrogen) atoms. The van der Waals surface area contributed by atoms with E-state index in [1.165, 1.54) is 0 Å². The second kappa shape index (κ2) is 9.30. The lowest BCUT2D eigenvalue weighted by Crippen LogP contribution is -2.61. The third-order valence-corrected chi connectivity index (χ3v) is 4.74. The number of nitrogens with zero attached hydrogens (tertiary/aromatic N) is 2. The Hall–Kier alpha value is -3.24. The van der Waals surface area contributed by atoms with Gasteiger partial charge in [0.05, 0.1) is 32.0 Å². The average Bonchev–Trinajstić information content (AvgIpc) is 2.76. The summed E-state index contributed by atoms with van der Waals surface area (Å²) in [5, 5.41) is 9.10. The van der Waals surface area contributed by atoms with E-state index in [0.717, 1.165) is 5.56 Å². The van der Waals surface area contributed by atoms with Crippen molar-refractivity contribution in [3.63, 3.8) is 0 Å². The van der Waals surface area contributed by atoms with Crippen LogP contribution in [0.1, 0.15) is 24.1 Å². The zero-order valence-electron chi connectivity index (χ0n) is 16.8. The van der Waals surface area contributed by atoms with Gasteiger partial charge in [-0.2, -0.15) is 5.26 Å². The number of hydrogen-bond acceptors (Lipinski definition) is 6. The fourth-order valence-electron chi connectivity index (χ4n) is 3.35. The molecule has 2 aromatic carbocycles. The molecule has 2 aromatic rings. The summed E-state index contributed by atoms with van der Waals surface area (Å²) in [6.45, 7) is 3.31. The van der Waals surface area contributed by atoms with Crippen molar-refractivity contribution in [1.82, 2.24) is 4.90 Å². The van der Waals surface area contributed by atoms with Gasteiger partial charge in [-0.15, -0.1) is 0 Å². The van der Waals surface area contributed by atoms with Crippen molar-refractivity contribution < 1.29 is 23.7 Å². The van der Waals surface area contributed by atoms with E-state index in [1.54, 1.807) is 43.4 Å². The molecule has 0 aliphatic carbocycles. The number of benzene rings is 2. The molecule has 1 fully saturated rings. The first kappa shape index (κ1) is 20.5. The van der Waals surface area contributed by atoms with Gasteiger partial charge in [-0.05, 0) is 42.8 Å². The van der Waals surface area contributed by atoms with Crippen LogP contribution in [0.3, 0.4) is 0 Å². The van der Waals surface area contributed by atoms with Crippen molar-refractivity contribution in [1.29, 1.82) is 5.26 Å². The summed E-state index contributed by atoms with van der Waals surface area (Å²) >= 11 is 0. The molecule has 1 aliphatic rings. The van der Waals surface area contributed by atoms with E-state index in [0.29, 0.717) is 42.6 Å². The third-order valence-electron chi connectivity index (χ3n) is 4.74. The molecular formula is C22H24N2O5. The first-order valence-corrected chi connectivity index (χ1v) is 9.39. The van der Waals surface area contributed by atoms with E-state index in [1.807, 2.05) is 25.1 Å². The van der Waals surface area contributed by atoms with Crippen molar-refractivity contribution >= 4 is 5.91 Å². The quantitative estimate of drug-likeness (QED) is 0.606.